The minimum absolute atomic E-state index is 0.185. The summed E-state index contributed by atoms with van der Waals surface area (Å²) in [6.45, 7) is 9.67. The van der Waals surface area contributed by atoms with E-state index in [1.165, 1.54) is 26.4 Å². The zero-order valence-electron chi connectivity index (χ0n) is 17.7. The lowest BCUT2D eigenvalue weighted by atomic mass is 9.80. The average Bonchev–Trinajstić information content (AvgIpc) is 2.58. The van der Waals surface area contributed by atoms with Gasteiger partial charge in [-0.3, -0.25) is 15.0 Å². The Bertz CT molecular complexity index is 743. The Kier molecular flexibility index (Phi) is 6.11. The third-order valence-electron chi connectivity index (χ3n) is 5.42. The number of rotatable bonds is 5. The van der Waals surface area contributed by atoms with Gasteiger partial charge in [-0.2, -0.15) is 0 Å². The second-order valence-corrected chi connectivity index (χ2v) is 8.36. The third-order valence-corrected chi connectivity index (χ3v) is 5.42. The number of benzene rings is 1. The van der Waals surface area contributed by atoms with Gasteiger partial charge in [-0.25, -0.2) is 4.79 Å². The number of nitro groups is 1. The molecule has 28 heavy (non-hydrogen) atoms. The van der Waals surface area contributed by atoms with Gasteiger partial charge in [-0.05, 0) is 59.9 Å². The first-order valence-corrected chi connectivity index (χ1v) is 9.36. The van der Waals surface area contributed by atoms with Crippen LogP contribution in [-0.4, -0.2) is 41.2 Å². The first-order chi connectivity index (χ1) is 12.9. The van der Waals surface area contributed by atoms with Gasteiger partial charge < -0.3 is 14.2 Å². The molecule has 0 bridgehead atoms. The van der Waals surface area contributed by atoms with Crippen molar-refractivity contribution in [3.8, 4) is 11.5 Å². The maximum Gasteiger partial charge on any atom is 0.411 e. The SMILES string of the molecule is COc1cc(C(C)OC(=O)N2C(C)(C)CCCC2(C)C)c([N+](=O)[O-])cc1OC. The molecule has 0 spiro atoms. The molecule has 8 nitrogen and oxygen atoms in total. The Morgan fingerprint density at radius 1 is 1.11 bits per heavy atom. The van der Waals surface area contributed by atoms with Crippen molar-refractivity contribution in [3.63, 3.8) is 0 Å². The third kappa shape index (κ3) is 4.15. The summed E-state index contributed by atoms with van der Waals surface area (Å²) in [5, 5.41) is 11.5. The van der Waals surface area contributed by atoms with Gasteiger partial charge in [0.15, 0.2) is 11.5 Å². The molecule has 156 valence electrons. The van der Waals surface area contributed by atoms with Gasteiger partial charge in [-0.1, -0.05) is 0 Å². The summed E-state index contributed by atoms with van der Waals surface area (Å²) in [5.74, 6) is 0.583. The largest absolute Gasteiger partial charge is 0.493 e. The topological polar surface area (TPSA) is 91.1 Å². The van der Waals surface area contributed by atoms with Crippen molar-refractivity contribution >= 4 is 11.8 Å². The summed E-state index contributed by atoms with van der Waals surface area (Å²) >= 11 is 0. The van der Waals surface area contributed by atoms with Crippen LogP contribution in [0.1, 0.15) is 65.5 Å². The van der Waals surface area contributed by atoms with Crippen LogP contribution in [-0.2, 0) is 4.74 Å². The van der Waals surface area contributed by atoms with E-state index in [4.69, 9.17) is 14.2 Å². The summed E-state index contributed by atoms with van der Waals surface area (Å²) in [6.07, 6.45) is 1.46. The summed E-state index contributed by atoms with van der Waals surface area (Å²) in [4.78, 5) is 25.8. The number of likely N-dealkylation sites (tertiary alicyclic amines) is 1. The number of nitrogens with zero attached hydrogens (tertiary/aromatic N) is 2. The lowest BCUT2D eigenvalue weighted by molar-refractivity contribution is -0.386. The summed E-state index contributed by atoms with van der Waals surface area (Å²) < 4.78 is 16.1. The molecule has 8 heteroatoms. The van der Waals surface area contributed by atoms with E-state index in [1.807, 2.05) is 27.7 Å². The van der Waals surface area contributed by atoms with Crippen LogP contribution in [0.15, 0.2) is 12.1 Å². The molecule has 1 aliphatic heterocycles. The molecule has 1 saturated heterocycles. The fourth-order valence-corrected chi connectivity index (χ4v) is 4.13. The van der Waals surface area contributed by atoms with Crippen molar-refractivity contribution in [2.45, 2.75) is 71.1 Å². The lowest BCUT2D eigenvalue weighted by Crippen LogP contribution is -2.61. The molecule has 1 heterocycles. The second-order valence-electron chi connectivity index (χ2n) is 8.36. The molecule has 1 amide bonds. The van der Waals surface area contributed by atoms with Crippen LogP contribution in [0.4, 0.5) is 10.5 Å². The number of amides is 1. The molecule has 1 fully saturated rings. The molecule has 0 aliphatic carbocycles. The minimum Gasteiger partial charge on any atom is -0.493 e. The van der Waals surface area contributed by atoms with E-state index in [9.17, 15) is 14.9 Å². The summed E-state index contributed by atoms with van der Waals surface area (Å²) in [6, 6.07) is 2.77. The van der Waals surface area contributed by atoms with Crippen molar-refractivity contribution in [2.75, 3.05) is 14.2 Å². The van der Waals surface area contributed by atoms with Crippen LogP contribution < -0.4 is 9.47 Å². The standard InChI is InChI=1S/C20H30N2O6/c1-13(14-11-16(26-6)17(27-7)12-15(14)22(24)25)28-18(23)21-19(2,3)9-8-10-20(21,4)5/h11-13H,8-10H2,1-7H3. The molecular formula is C20H30N2O6. The quantitative estimate of drug-likeness (QED) is 0.523. The first kappa shape index (κ1) is 21.8. The van der Waals surface area contributed by atoms with Gasteiger partial charge in [0.25, 0.3) is 5.69 Å². The molecule has 2 rings (SSSR count). The predicted octanol–water partition coefficient (Wildman–Crippen LogP) is 4.85. The Hall–Kier alpha value is -2.51. The zero-order valence-corrected chi connectivity index (χ0v) is 17.7. The highest BCUT2D eigenvalue weighted by atomic mass is 16.6. The van der Waals surface area contributed by atoms with Crippen molar-refractivity contribution in [2.24, 2.45) is 0 Å². The van der Waals surface area contributed by atoms with E-state index < -0.39 is 17.1 Å². The van der Waals surface area contributed by atoms with Gasteiger partial charge in [-0.15, -0.1) is 0 Å². The molecular weight excluding hydrogens is 364 g/mol. The van der Waals surface area contributed by atoms with Gasteiger partial charge in [0.1, 0.15) is 6.10 Å². The van der Waals surface area contributed by atoms with Gasteiger partial charge in [0.2, 0.25) is 0 Å². The normalized spacial score (nSPS) is 18.9. The van der Waals surface area contributed by atoms with E-state index in [2.05, 4.69) is 0 Å². The lowest BCUT2D eigenvalue weighted by Gasteiger charge is -2.52. The molecule has 1 atom stereocenters. The number of methoxy groups -OCH3 is 2. The fraction of sp³-hybridized carbons (Fsp3) is 0.650. The first-order valence-electron chi connectivity index (χ1n) is 9.36. The van der Waals surface area contributed by atoms with Crippen LogP contribution in [0, 0.1) is 10.1 Å². The zero-order chi connectivity index (χ0) is 21.3. The monoisotopic (exact) mass is 394 g/mol. The number of nitro benzene ring substituents is 1. The van der Waals surface area contributed by atoms with Crippen LogP contribution >= 0.6 is 0 Å². The van der Waals surface area contributed by atoms with Gasteiger partial charge in [0.05, 0.1) is 30.8 Å². The van der Waals surface area contributed by atoms with Gasteiger partial charge in [0, 0.05) is 11.1 Å². The van der Waals surface area contributed by atoms with Crippen molar-refractivity contribution in [1.29, 1.82) is 0 Å². The molecule has 1 aromatic carbocycles. The Morgan fingerprint density at radius 2 is 1.61 bits per heavy atom. The van der Waals surface area contributed by atoms with Crippen LogP contribution in [0.2, 0.25) is 0 Å². The number of hydrogen-bond donors (Lipinski definition) is 0. The minimum atomic E-state index is -0.832. The molecule has 0 aromatic heterocycles. The molecule has 1 aromatic rings. The maximum absolute atomic E-state index is 13.0. The van der Waals surface area contributed by atoms with E-state index >= 15 is 0 Å². The smallest absolute Gasteiger partial charge is 0.411 e. The highest BCUT2D eigenvalue weighted by molar-refractivity contribution is 5.70. The van der Waals surface area contributed by atoms with Crippen LogP contribution in [0.25, 0.3) is 0 Å². The average molecular weight is 394 g/mol. The number of piperidine rings is 1. The highest BCUT2D eigenvalue weighted by Gasteiger charge is 2.45. The Morgan fingerprint density at radius 3 is 2.07 bits per heavy atom. The van der Waals surface area contributed by atoms with E-state index in [-0.39, 0.29) is 28.1 Å². The Balaban J connectivity index is 2.37. The number of hydrogen-bond acceptors (Lipinski definition) is 6. The van der Waals surface area contributed by atoms with E-state index in [1.54, 1.807) is 11.8 Å². The van der Waals surface area contributed by atoms with Crippen molar-refractivity contribution in [1.82, 2.24) is 4.90 Å². The molecule has 0 saturated carbocycles. The van der Waals surface area contributed by atoms with Crippen molar-refractivity contribution in [3.05, 3.63) is 27.8 Å². The van der Waals surface area contributed by atoms with E-state index in [0.717, 1.165) is 19.3 Å². The molecule has 1 aliphatic rings. The Labute approximate surface area is 165 Å². The molecule has 0 radical (unpaired) electrons. The number of ether oxygens (including phenoxy) is 3. The summed E-state index contributed by atoms with van der Waals surface area (Å²) in [5.41, 5.74) is -0.650. The molecule has 0 N–H and O–H groups in total. The maximum atomic E-state index is 13.0. The predicted molar refractivity (Wildman–Crippen MR) is 105 cm³/mol. The number of carbonyl (C=O) groups excluding carboxylic acids is 1. The van der Waals surface area contributed by atoms with E-state index in [0.29, 0.717) is 5.75 Å². The summed E-state index contributed by atoms with van der Waals surface area (Å²) in [7, 11) is 2.86. The van der Waals surface area contributed by atoms with Crippen molar-refractivity contribution < 1.29 is 23.9 Å². The number of carbonyl (C=O) groups is 1. The fourth-order valence-electron chi connectivity index (χ4n) is 4.13. The van der Waals surface area contributed by atoms with Crippen LogP contribution in [0.3, 0.4) is 0 Å². The second kappa shape index (κ2) is 7.85. The molecule has 1 unspecified atom stereocenters. The van der Waals surface area contributed by atoms with Gasteiger partial charge >= 0.3 is 6.09 Å². The van der Waals surface area contributed by atoms with Crippen LogP contribution in [0.5, 0.6) is 11.5 Å². The highest BCUT2D eigenvalue weighted by Crippen LogP contribution is 2.41.